The van der Waals surface area contributed by atoms with Crippen molar-refractivity contribution >= 4 is 22.4 Å². The second-order valence-electron chi connectivity index (χ2n) is 4.87. The summed E-state index contributed by atoms with van der Waals surface area (Å²) in [4.78, 5) is 2.47. The maximum Gasteiger partial charge on any atom is 0.197 e. The predicted octanol–water partition coefficient (Wildman–Crippen LogP) is 2.02. The summed E-state index contributed by atoms with van der Waals surface area (Å²) in [6.45, 7) is 8.41. The fourth-order valence-electron chi connectivity index (χ4n) is 2.09. The first kappa shape index (κ1) is 13.4. The lowest BCUT2D eigenvalue weighted by Crippen LogP contribution is -2.25. The average molecular weight is 270 g/mol. The first-order valence-corrected chi connectivity index (χ1v) is 7.32. The minimum Gasteiger partial charge on any atom is -0.484 e. The first-order valence-electron chi connectivity index (χ1n) is 6.55. The Kier molecular flexibility index (Phi) is 4.66. The molecule has 1 aliphatic heterocycles. The number of nitrogens with two attached hydrogens (primary N) is 1. The lowest BCUT2D eigenvalue weighted by Gasteiger charge is -2.15. The number of ether oxygens (including phenoxy) is 1. The van der Waals surface area contributed by atoms with Gasteiger partial charge in [-0.2, -0.15) is 4.37 Å². The molecule has 6 heteroatoms. The summed E-state index contributed by atoms with van der Waals surface area (Å²) >= 11 is 1.37. The molecular formula is C12H22N4OS. The molecule has 0 saturated carbocycles. The summed E-state index contributed by atoms with van der Waals surface area (Å²) in [7, 11) is 0. The van der Waals surface area contributed by atoms with Crippen molar-refractivity contribution < 1.29 is 4.74 Å². The van der Waals surface area contributed by atoms with Crippen LogP contribution in [0.3, 0.4) is 0 Å². The molecule has 1 aliphatic rings. The van der Waals surface area contributed by atoms with Crippen LogP contribution in [0.5, 0.6) is 5.75 Å². The highest BCUT2D eigenvalue weighted by molar-refractivity contribution is 7.11. The molecule has 0 atom stereocenters. The molecule has 0 amide bonds. The van der Waals surface area contributed by atoms with Gasteiger partial charge in [0.1, 0.15) is 0 Å². The van der Waals surface area contributed by atoms with Gasteiger partial charge in [0.15, 0.2) is 16.6 Å². The van der Waals surface area contributed by atoms with Crippen molar-refractivity contribution in [2.24, 2.45) is 0 Å². The SMILES string of the molecule is CC(C)Oc1c(N)nsc1NCCN1CCCC1. The lowest BCUT2D eigenvalue weighted by atomic mass is 10.4. The number of anilines is 2. The molecule has 3 N–H and O–H groups in total. The highest BCUT2D eigenvalue weighted by Gasteiger charge is 2.15. The lowest BCUT2D eigenvalue weighted by molar-refractivity contribution is 0.245. The Balaban J connectivity index is 1.84. The maximum atomic E-state index is 5.81. The minimum atomic E-state index is 0.114. The molecule has 0 spiro atoms. The van der Waals surface area contributed by atoms with Crippen molar-refractivity contribution in [3.63, 3.8) is 0 Å². The molecule has 2 heterocycles. The largest absolute Gasteiger partial charge is 0.484 e. The van der Waals surface area contributed by atoms with Crippen LogP contribution in [0.25, 0.3) is 0 Å². The Labute approximate surface area is 112 Å². The quantitative estimate of drug-likeness (QED) is 0.828. The van der Waals surface area contributed by atoms with Crippen molar-refractivity contribution in [3.05, 3.63) is 0 Å². The zero-order valence-electron chi connectivity index (χ0n) is 11.1. The molecular weight excluding hydrogens is 248 g/mol. The zero-order chi connectivity index (χ0) is 13.0. The predicted molar refractivity (Wildman–Crippen MR) is 76.5 cm³/mol. The minimum absolute atomic E-state index is 0.114. The van der Waals surface area contributed by atoms with E-state index in [-0.39, 0.29) is 6.10 Å². The van der Waals surface area contributed by atoms with Gasteiger partial charge in [0.25, 0.3) is 0 Å². The molecule has 0 aliphatic carbocycles. The van der Waals surface area contributed by atoms with Gasteiger partial charge in [-0.25, -0.2) is 0 Å². The standard InChI is InChI=1S/C12H22N4OS/c1-9(2)17-10-11(13)15-18-12(10)14-5-8-16-6-3-4-7-16/h9,14H,3-8H2,1-2H3,(H2,13,15). The highest BCUT2D eigenvalue weighted by atomic mass is 32.1. The van der Waals surface area contributed by atoms with Crippen molar-refractivity contribution in [3.8, 4) is 5.75 Å². The third-order valence-electron chi connectivity index (χ3n) is 2.94. The molecule has 5 nitrogen and oxygen atoms in total. The molecule has 1 saturated heterocycles. The van der Waals surface area contributed by atoms with Crippen LogP contribution < -0.4 is 15.8 Å². The van der Waals surface area contributed by atoms with Gasteiger partial charge in [0.05, 0.1) is 6.10 Å². The summed E-state index contributed by atoms with van der Waals surface area (Å²) in [6.07, 6.45) is 2.77. The third-order valence-corrected chi connectivity index (χ3v) is 3.74. The monoisotopic (exact) mass is 270 g/mol. The van der Waals surface area contributed by atoms with E-state index in [1.54, 1.807) is 0 Å². The molecule has 102 valence electrons. The number of rotatable bonds is 6. The second kappa shape index (κ2) is 6.24. The molecule has 2 rings (SSSR count). The van der Waals surface area contributed by atoms with Crippen LogP contribution >= 0.6 is 11.5 Å². The maximum absolute atomic E-state index is 5.81. The molecule has 1 aromatic rings. The summed E-state index contributed by atoms with van der Waals surface area (Å²) < 4.78 is 9.82. The summed E-state index contributed by atoms with van der Waals surface area (Å²) in [5.74, 6) is 1.19. The Hall–Kier alpha value is -1.01. The van der Waals surface area contributed by atoms with E-state index < -0.39 is 0 Å². The van der Waals surface area contributed by atoms with E-state index in [0.29, 0.717) is 11.6 Å². The van der Waals surface area contributed by atoms with Crippen LogP contribution in [-0.4, -0.2) is 41.6 Å². The second-order valence-corrected chi connectivity index (χ2v) is 5.64. The topological polar surface area (TPSA) is 63.4 Å². The van der Waals surface area contributed by atoms with Gasteiger partial charge in [-0.3, -0.25) is 0 Å². The Morgan fingerprint density at radius 1 is 1.44 bits per heavy atom. The number of hydrogen-bond acceptors (Lipinski definition) is 6. The van der Waals surface area contributed by atoms with Gasteiger partial charge in [0.2, 0.25) is 0 Å². The smallest absolute Gasteiger partial charge is 0.197 e. The van der Waals surface area contributed by atoms with Crippen LogP contribution in [-0.2, 0) is 0 Å². The van der Waals surface area contributed by atoms with Gasteiger partial charge < -0.3 is 20.7 Å². The number of nitrogens with one attached hydrogen (secondary N) is 1. The molecule has 1 fully saturated rings. The van der Waals surface area contributed by atoms with E-state index >= 15 is 0 Å². The van der Waals surface area contributed by atoms with Crippen LogP contribution in [0.1, 0.15) is 26.7 Å². The van der Waals surface area contributed by atoms with Crippen molar-refractivity contribution in [2.45, 2.75) is 32.8 Å². The fourth-order valence-corrected chi connectivity index (χ4v) is 2.76. The van der Waals surface area contributed by atoms with E-state index in [4.69, 9.17) is 10.5 Å². The van der Waals surface area contributed by atoms with E-state index in [1.807, 2.05) is 13.8 Å². The average Bonchev–Trinajstić information content (AvgIpc) is 2.93. The van der Waals surface area contributed by atoms with Gasteiger partial charge in [-0.1, -0.05) is 0 Å². The zero-order valence-corrected chi connectivity index (χ0v) is 11.9. The first-order chi connectivity index (χ1) is 8.66. The molecule has 0 aromatic carbocycles. The van der Waals surface area contributed by atoms with Crippen molar-refractivity contribution in [2.75, 3.05) is 37.2 Å². The number of aromatic nitrogens is 1. The number of nitrogen functional groups attached to an aromatic ring is 1. The summed E-state index contributed by atoms with van der Waals surface area (Å²) in [5.41, 5.74) is 5.81. The van der Waals surface area contributed by atoms with Crippen LogP contribution in [0.15, 0.2) is 0 Å². The molecule has 0 radical (unpaired) electrons. The highest BCUT2D eigenvalue weighted by Crippen LogP contribution is 2.35. The van der Waals surface area contributed by atoms with Crippen molar-refractivity contribution in [1.29, 1.82) is 0 Å². The molecule has 0 unspecified atom stereocenters. The van der Waals surface area contributed by atoms with Gasteiger partial charge in [0, 0.05) is 13.1 Å². The summed E-state index contributed by atoms with van der Waals surface area (Å²) in [5, 5.41) is 4.32. The Bertz CT molecular complexity index is 374. The Morgan fingerprint density at radius 3 is 2.83 bits per heavy atom. The van der Waals surface area contributed by atoms with E-state index in [1.165, 1.54) is 37.5 Å². The normalized spacial score (nSPS) is 16.4. The third kappa shape index (κ3) is 3.49. The fraction of sp³-hybridized carbons (Fsp3) is 0.750. The van der Waals surface area contributed by atoms with Crippen LogP contribution in [0.4, 0.5) is 10.8 Å². The molecule has 1 aromatic heterocycles. The van der Waals surface area contributed by atoms with Crippen molar-refractivity contribution in [1.82, 2.24) is 9.27 Å². The number of nitrogens with zero attached hydrogens (tertiary/aromatic N) is 2. The van der Waals surface area contributed by atoms with E-state index in [9.17, 15) is 0 Å². The molecule has 18 heavy (non-hydrogen) atoms. The summed E-state index contributed by atoms with van der Waals surface area (Å²) in [6, 6.07) is 0. The van der Waals surface area contributed by atoms with E-state index in [0.717, 1.165) is 18.1 Å². The number of likely N-dealkylation sites (tertiary alicyclic amines) is 1. The number of hydrogen-bond donors (Lipinski definition) is 2. The van der Waals surface area contributed by atoms with Crippen LogP contribution in [0, 0.1) is 0 Å². The van der Waals surface area contributed by atoms with E-state index in [2.05, 4.69) is 14.6 Å². The van der Waals surface area contributed by atoms with Gasteiger partial charge in [-0.15, -0.1) is 0 Å². The van der Waals surface area contributed by atoms with Gasteiger partial charge in [-0.05, 0) is 51.3 Å². The van der Waals surface area contributed by atoms with Gasteiger partial charge >= 0.3 is 0 Å². The van der Waals surface area contributed by atoms with Crippen LogP contribution in [0.2, 0.25) is 0 Å². The Morgan fingerprint density at radius 2 is 2.17 bits per heavy atom. The molecule has 0 bridgehead atoms.